The molecule has 0 unspecified atom stereocenters. The maximum atomic E-state index is 13.4. The van der Waals surface area contributed by atoms with Crippen molar-refractivity contribution in [2.75, 3.05) is 13.1 Å². The molecule has 1 aliphatic heterocycles. The number of benzene rings is 2. The molecule has 0 spiro atoms. The highest BCUT2D eigenvalue weighted by Crippen LogP contribution is 2.29. The Kier molecular flexibility index (Phi) is 7.33. The Hall–Kier alpha value is -1.64. The molecule has 0 amide bonds. The van der Waals surface area contributed by atoms with Crippen LogP contribution in [0.1, 0.15) is 30.5 Å². The van der Waals surface area contributed by atoms with Crippen LogP contribution >= 0.6 is 23.2 Å². The molecule has 168 valence electrons. The summed E-state index contributed by atoms with van der Waals surface area (Å²) in [6.07, 6.45) is -0.211. The van der Waals surface area contributed by atoms with Crippen molar-refractivity contribution >= 4 is 39.2 Å². The third-order valence-electron chi connectivity index (χ3n) is 5.54. The van der Waals surface area contributed by atoms with Gasteiger partial charge in [-0.15, -0.1) is 0 Å². The first-order chi connectivity index (χ1) is 14.5. The van der Waals surface area contributed by atoms with Gasteiger partial charge >= 0.3 is 5.97 Å². The van der Waals surface area contributed by atoms with E-state index in [9.17, 15) is 13.2 Å². The van der Waals surface area contributed by atoms with Gasteiger partial charge in [0.15, 0.2) is 0 Å². The van der Waals surface area contributed by atoms with Crippen molar-refractivity contribution in [1.82, 2.24) is 9.21 Å². The molecule has 0 bridgehead atoms. The van der Waals surface area contributed by atoms with E-state index in [1.807, 2.05) is 26.0 Å². The highest BCUT2D eigenvalue weighted by Gasteiger charge is 2.38. The van der Waals surface area contributed by atoms with Gasteiger partial charge in [0.05, 0.1) is 21.4 Å². The van der Waals surface area contributed by atoms with Crippen molar-refractivity contribution in [2.24, 2.45) is 0 Å². The van der Waals surface area contributed by atoms with E-state index in [1.165, 1.54) is 10.4 Å². The van der Waals surface area contributed by atoms with E-state index in [1.54, 1.807) is 25.1 Å². The van der Waals surface area contributed by atoms with Crippen LogP contribution in [0.5, 0.6) is 0 Å². The molecular formula is C22H26Cl2N2O4S. The zero-order valence-corrected chi connectivity index (χ0v) is 20.0. The van der Waals surface area contributed by atoms with E-state index in [4.69, 9.17) is 28.3 Å². The lowest BCUT2D eigenvalue weighted by molar-refractivity contribution is -0.136. The second-order valence-electron chi connectivity index (χ2n) is 8.13. The number of aryl methyl sites for hydroxylation is 1. The Balaban J connectivity index is 1.80. The van der Waals surface area contributed by atoms with E-state index < -0.39 is 16.0 Å². The van der Waals surface area contributed by atoms with Crippen LogP contribution in [-0.4, -0.2) is 53.9 Å². The van der Waals surface area contributed by atoms with Crippen LogP contribution in [0.4, 0.5) is 0 Å². The van der Waals surface area contributed by atoms with Gasteiger partial charge in [0.2, 0.25) is 10.0 Å². The Bertz CT molecular complexity index is 1080. The van der Waals surface area contributed by atoms with Gasteiger partial charge in [0.25, 0.3) is 0 Å². The van der Waals surface area contributed by atoms with Crippen LogP contribution < -0.4 is 0 Å². The second kappa shape index (κ2) is 9.46. The molecule has 2 aromatic carbocycles. The smallest absolute Gasteiger partial charge is 0.307 e. The fourth-order valence-corrected chi connectivity index (χ4v) is 6.38. The molecule has 1 aliphatic rings. The maximum absolute atomic E-state index is 13.4. The van der Waals surface area contributed by atoms with Gasteiger partial charge in [-0.25, -0.2) is 8.42 Å². The zero-order chi connectivity index (χ0) is 22.9. The number of carbonyl (C=O) groups is 1. The maximum Gasteiger partial charge on any atom is 0.307 e. The third-order valence-corrected chi connectivity index (χ3v) is 8.41. The van der Waals surface area contributed by atoms with Crippen LogP contribution in [0.15, 0.2) is 41.3 Å². The molecule has 9 heteroatoms. The average molecular weight is 485 g/mol. The first kappa shape index (κ1) is 24.0. The lowest BCUT2D eigenvalue weighted by atomic mass is 10.1. The summed E-state index contributed by atoms with van der Waals surface area (Å²) >= 11 is 12.1. The number of rotatable bonds is 6. The summed E-state index contributed by atoms with van der Waals surface area (Å²) in [5.41, 5.74) is 2.28. The van der Waals surface area contributed by atoms with Gasteiger partial charge in [-0.3, -0.25) is 9.69 Å². The molecule has 0 aliphatic carbocycles. The summed E-state index contributed by atoms with van der Waals surface area (Å²) in [5, 5.41) is 10.1. The monoisotopic (exact) mass is 484 g/mol. The summed E-state index contributed by atoms with van der Waals surface area (Å²) in [6.45, 7) is 7.34. The van der Waals surface area contributed by atoms with Gasteiger partial charge in [0, 0.05) is 31.7 Å². The Morgan fingerprint density at radius 2 is 1.71 bits per heavy atom. The first-order valence-corrected chi connectivity index (χ1v) is 12.2. The summed E-state index contributed by atoms with van der Waals surface area (Å²) in [6, 6.07) is 9.72. The number of aliphatic carboxylic acids is 1. The Morgan fingerprint density at radius 3 is 2.29 bits per heavy atom. The fourth-order valence-electron chi connectivity index (χ4n) is 4.20. The number of halogens is 2. The highest BCUT2D eigenvalue weighted by molar-refractivity contribution is 7.89. The molecule has 0 radical (unpaired) electrons. The van der Waals surface area contributed by atoms with Gasteiger partial charge in [-0.2, -0.15) is 4.31 Å². The van der Waals surface area contributed by atoms with Crippen molar-refractivity contribution in [3.63, 3.8) is 0 Å². The van der Waals surface area contributed by atoms with Crippen molar-refractivity contribution in [1.29, 1.82) is 0 Å². The molecule has 31 heavy (non-hydrogen) atoms. The summed E-state index contributed by atoms with van der Waals surface area (Å²) in [4.78, 5) is 13.5. The van der Waals surface area contributed by atoms with Crippen molar-refractivity contribution in [3.8, 4) is 0 Å². The Labute approximate surface area is 193 Å². The number of carboxylic acid groups (broad SMARTS) is 1. The number of nitrogens with zero attached hydrogens (tertiary/aromatic N) is 2. The minimum atomic E-state index is -3.77. The summed E-state index contributed by atoms with van der Waals surface area (Å²) < 4.78 is 28.4. The second-order valence-corrected chi connectivity index (χ2v) is 10.8. The van der Waals surface area contributed by atoms with E-state index in [-0.39, 0.29) is 23.4 Å². The number of hydrogen-bond donors (Lipinski definition) is 1. The normalized spacial score (nSPS) is 20.7. The molecule has 0 saturated carbocycles. The molecule has 1 heterocycles. The Morgan fingerprint density at radius 1 is 1.06 bits per heavy atom. The van der Waals surface area contributed by atoms with E-state index >= 15 is 0 Å². The van der Waals surface area contributed by atoms with Gasteiger partial charge in [0.1, 0.15) is 0 Å². The van der Waals surface area contributed by atoms with E-state index in [0.29, 0.717) is 35.2 Å². The van der Waals surface area contributed by atoms with Gasteiger partial charge in [-0.05, 0) is 61.7 Å². The van der Waals surface area contributed by atoms with Crippen LogP contribution in [0.25, 0.3) is 0 Å². The van der Waals surface area contributed by atoms with Crippen LogP contribution in [0.3, 0.4) is 0 Å². The molecule has 3 rings (SSSR count). The first-order valence-electron chi connectivity index (χ1n) is 10.00. The molecule has 1 fully saturated rings. The predicted molar refractivity (Wildman–Crippen MR) is 122 cm³/mol. The molecular weight excluding hydrogens is 459 g/mol. The highest BCUT2D eigenvalue weighted by atomic mass is 35.5. The molecule has 1 N–H and O–H groups in total. The molecule has 0 aromatic heterocycles. The van der Waals surface area contributed by atoms with Crippen molar-refractivity contribution < 1.29 is 18.3 Å². The quantitative estimate of drug-likeness (QED) is 0.663. The van der Waals surface area contributed by atoms with Gasteiger partial charge in [-0.1, -0.05) is 35.3 Å². The zero-order valence-electron chi connectivity index (χ0n) is 17.7. The van der Waals surface area contributed by atoms with Gasteiger partial charge < -0.3 is 5.11 Å². The third kappa shape index (κ3) is 5.41. The SMILES string of the molecule is Cc1ccc(S(=O)(=O)N2[C@H](C)CN(Cc3ccc(Cl)c(Cl)c3)C[C@@H]2C)cc1CC(=O)O. The molecule has 2 aromatic rings. The minimum absolute atomic E-state index is 0.131. The summed E-state index contributed by atoms with van der Waals surface area (Å²) in [5.74, 6) is -0.990. The van der Waals surface area contributed by atoms with Crippen LogP contribution in [0, 0.1) is 6.92 Å². The minimum Gasteiger partial charge on any atom is -0.481 e. The van der Waals surface area contributed by atoms with Crippen LogP contribution in [0.2, 0.25) is 10.0 Å². The molecule has 1 saturated heterocycles. The fraction of sp³-hybridized carbons (Fsp3) is 0.409. The molecule has 6 nitrogen and oxygen atoms in total. The lowest BCUT2D eigenvalue weighted by Gasteiger charge is -2.43. The van der Waals surface area contributed by atoms with Crippen molar-refractivity contribution in [2.45, 2.75) is 50.7 Å². The number of sulfonamides is 1. The standard InChI is InChI=1S/C22H26Cl2N2O4S/c1-14-4-6-19(9-18(14)10-22(27)28)31(29,30)26-15(2)11-25(12-16(26)3)13-17-5-7-20(23)21(24)8-17/h4-9,15-16H,10-13H2,1-3H3,(H,27,28)/t15-,16+. The largest absolute Gasteiger partial charge is 0.481 e. The predicted octanol–water partition coefficient (Wildman–Crippen LogP) is 4.21. The van der Waals surface area contributed by atoms with E-state index in [2.05, 4.69) is 4.90 Å². The van der Waals surface area contributed by atoms with Crippen molar-refractivity contribution in [3.05, 3.63) is 63.1 Å². The number of hydrogen-bond acceptors (Lipinski definition) is 4. The number of piperazine rings is 1. The summed E-state index contributed by atoms with van der Waals surface area (Å²) in [7, 11) is -3.77. The van der Waals surface area contributed by atoms with Crippen LogP contribution in [-0.2, 0) is 27.8 Å². The average Bonchev–Trinajstić information content (AvgIpc) is 2.65. The van der Waals surface area contributed by atoms with E-state index in [0.717, 1.165) is 11.1 Å². The number of carboxylic acids is 1. The lowest BCUT2D eigenvalue weighted by Crippen LogP contribution is -2.58. The molecule has 2 atom stereocenters. The topological polar surface area (TPSA) is 77.9 Å².